The molecule has 1 aliphatic rings. The Kier molecular flexibility index (Phi) is 2.66. The molecule has 1 aliphatic heterocycles. The molecule has 1 atom stereocenters. The highest BCUT2D eigenvalue weighted by atomic mass is 16.3. The van der Waals surface area contributed by atoms with E-state index in [4.69, 9.17) is 4.42 Å². The number of rotatable bonds is 2. The van der Waals surface area contributed by atoms with E-state index in [2.05, 4.69) is 29.6 Å². The van der Waals surface area contributed by atoms with Crippen LogP contribution in [-0.2, 0) is 6.42 Å². The Balaban J connectivity index is 1.83. The molecule has 2 nitrogen and oxygen atoms in total. The second-order valence-corrected chi connectivity index (χ2v) is 4.60. The van der Waals surface area contributed by atoms with Crippen molar-refractivity contribution in [1.29, 1.82) is 0 Å². The van der Waals surface area contributed by atoms with Gasteiger partial charge in [0.15, 0.2) is 0 Å². The Morgan fingerprint density at radius 3 is 3.06 bits per heavy atom. The highest BCUT2D eigenvalue weighted by Gasteiger charge is 2.16. The third-order valence-electron chi connectivity index (χ3n) is 3.43. The first-order chi connectivity index (χ1) is 7.93. The van der Waals surface area contributed by atoms with Gasteiger partial charge in [0.25, 0.3) is 0 Å². The van der Waals surface area contributed by atoms with E-state index in [9.17, 15) is 0 Å². The molecule has 2 aromatic rings. The number of benzene rings is 1. The SMILES string of the molecule is c1ccc2c(CC3CCCCN3)occ2c1. The molecule has 1 aromatic carbocycles. The van der Waals surface area contributed by atoms with Crippen molar-refractivity contribution in [2.24, 2.45) is 0 Å². The molecule has 0 saturated carbocycles. The number of furan rings is 1. The van der Waals surface area contributed by atoms with E-state index in [1.807, 2.05) is 6.26 Å². The predicted octanol–water partition coefficient (Wildman–Crippen LogP) is 3.12. The summed E-state index contributed by atoms with van der Waals surface area (Å²) in [6, 6.07) is 8.99. The number of piperidine rings is 1. The van der Waals surface area contributed by atoms with Crippen LogP contribution < -0.4 is 5.32 Å². The molecule has 1 fully saturated rings. The van der Waals surface area contributed by atoms with Gasteiger partial charge in [-0.2, -0.15) is 0 Å². The van der Waals surface area contributed by atoms with Crippen LogP contribution in [0.4, 0.5) is 0 Å². The molecule has 84 valence electrons. The van der Waals surface area contributed by atoms with Gasteiger partial charge < -0.3 is 9.73 Å². The minimum atomic E-state index is 0.600. The van der Waals surface area contributed by atoms with Crippen molar-refractivity contribution in [2.75, 3.05) is 6.54 Å². The van der Waals surface area contributed by atoms with Crippen molar-refractivity contribution < 1.29 is 4.42 Å². The molecule has 0 spiro atoms. The molecular weight excluding hydrogens is 198 g/mol. The fourth-order valence-electron chi connectivity index (χ4n) is 2.53. The Morgan fingerprint density at radius 2 is 2.19 bits per heavy atom. The standard InChI is InChI=1S/C14H17NO/c1-2-7-13-11(5-1)10-16-14(13)9-12-6-3-4-8-15-12/h1-2,5,7,10,12,15H,3-4,6,8-9H2. The molecule has 0 aliphatic carbocycles. The van der Waals surface area contributed by atoms with E-state index in [-0.39, 0.29) is 0 Å². The van der Waals surface area contributed by atoms with Gasteiger partial charge in [-0.15, -0.1) is 0 Å². The third-order valence-corrected chi connectivity index (χ3v) is 3.43. The summed E-state index contributed by atoms with van der Waals surface area (Å²) < 4.78 is 5.68. The average molecular weight is 215 g/mol. The van der Waals surface area contributed by atoms with E-state index in [0.29, 0.717) is 6.04 Å². The average Bonchev–Trinajstić information content (AvgIpc) is 2.74. The van der Waals surface area contributed by atoms with Crippen molar-refractivity contribution in [3.63, 3.8) is 0 Å². The summed E-state index contributed by atoms with van der Waals surface area (Å²) in [6.45, 7) is 1.16. The van der Waals surface area contributed by atoms with Crippen LogP contribution in [0.5, 0.6) is 0 Å². The monoisotopic (exact) mass is 215 g/mol. The summed E-state index contributed by atoms with van der Waals surface area (Å²) in [5.41, 5.74) is 0. The number of fused-ring (bicyclic) bond motifs is 1. The lowest BCUT2D eigenvalue weighted by atomic mass is 9.99. The molecule has 2 heterocycles. The summed E-state index contributed by atoms with van der Waals surface area (Å²) in [6.07, 6.45) is 6.82. The second-order valence-electron chi connectivity index (χ2n) is 4.60. The number of nitrogens with one attached hydrogen (secondary N) is 1. The maximum absolute atomic E-state index is 5.68. The Labute approximate surface area is 95.6 Å². The van der Waals surface area contributed by atoms with Gasteiger partial charge in [0, 0.05) is 23.2 Å². The molecule has 1 N–H and O–H groups in total. The van der Waals surface area contributed by atoms with Crippen molar-refractivity contribution in [2.45, 2.75) is 31.7 Å². The van der Waals surface area contributed by atoms with Crippen LogP contribution in [0.2, 0.25) is 0 Å². The summed E-state index contributed by atoms with van der Waals surface area (Å²) >= 11 is 0. The Morgan fingerprint density at radius 1 is 1.25 bits per heavy atom. The highest BCUT2D eigenvalue weighted by Crippen LogP contribution is 2.23. The minimum Gasteiger partial charge on any atom is -0.468 e. The lowest BCUT2D eigenvalue weighted by Crippen LogP contribution is -2.35. The zero-order valence-corrected chi connectivity index (χ0v) is 9.41. The largest absolute Gasteiger partial charge is 0.468 e. The van der Waals surface area contributed by atoms with Gasteiger partial charge in [-0.25, -0.2) is 0 Å². The van der Waals surface area contributed by atoms with Crippen molar-refractivity contribution in [1.82, 2.24) is 5.32 Å². The first kappa shape index (κ1) is 9.91. The lowest BCUT2D eigenvalue weighted by Gasteiger charge is -2.22. The first-order valence-electron chi connectivity index (χ1n) is 6.12. The van der Waals surface area contributed by atoms with Gasteiger partial charge in [-0.1, -0.05) is 30.7 Å². The lowest BCUT2D eigenvalue weighted by molar-refractivity contribution is 0.375. The van der Waals surface area contributed by atoms with Crippen LogP contribution in [0.15, 0.2) is 34.9 Å². The normalized spacial score (nSPS) is 21.4. The van der Waals surface area contributed by atoms with E-state index < -0.39 is 0 Å². The van der Waals surface area contributed by atoms with E-state index in [1.54, 1.807) is 0 Å². The second kappa shape index (κ2) is 4.30. The molecule has 16 heavy (non-hydrogen) atoms. The molecule has 3 rings (SSSR count). The summed E-state index contributed by atoms with van der Waals surface area (Å²) in [4.78, 5) is 0. The minimum absolute atomic E-state index is 0.600. The molecular formula is C14H17NO. The van der Waals surface area contributed by atoms with E-state index in [0.717, 1.165) is 18.7 Å². The van der Waals surface area contributed by atoms with Gasteiger partial charge in [0.1, 0.15) is 5.76 Å². The van der Waals surface area contributed by atoms with Crippen LogP contribution in [-0.4, -0.2) is 12.6 Å². The maximum Gasteiger partial charge on any atom is 0.113 e. The zero-order valence-electron chi connectivity index (χ0n) is 9.41. The summed E-state index contributed by atoms with van der Waals surface area (Å²) in [5, 5.41) is 6.05. The van der Waals surface area contributed by atoms with E-state index in [1.165, 1.54) is 30.0 Å². The van der Waals surface area contributed by atoms with Crippen LogP contribution in [0.25, 0.3) is 10.8 Å². The van der Waals surface area contributed by atoms with Gasteiger partial charge in [-0.3, -0.25) is 0 Å². The fourth-order valence-corrected chi connectivity index (χ4v) is 2.53. The number of hydrogen-bond acceptors (Lipinski definition) is 2. The van der Waals surface area contributed by atoms with Crippen molar-refractivity contribution in [3.8, 4) is 0 Å². The first-order valence-corrected chi connectivity index (χ1v) is 6.12. The van der Waals surface area contributed by atoms with Gasteiger partial charge in [0.2, 0.25) is 0 Å². The quantitative estimate of drug-likeness (QED) is 0.832. The molecule has 1 unspecified atom stereocenters. The predicted molar refractivity (Wildman–Crippen MR) is 65.6 cm³/mol. The Bertz CT molecular complexity index is 468. The third kappa shape index (κ3) is 1.85. The molecule has 1 aromatic heterocycles. The summed E-state index contributed by atoms with van der Waals surface area (Å²) in [5.74, 6) is 1.13. The zero-order chi connectivity index (χ0) is 10.8. The number of hydrogen-bond donors (Lipinski definition) is 1. The van der Waals surface area contributed by atoms with Crippen molar-refractivity contribution in [3.05, 3.63) is 36.3 Å². The van der Waals surface area contributed by atoms with Gasteiger partial charge in [-0.05, 0) is 19.4 Å². The molecule has 0 radical (unpaired) electrons. The maximum atomic E-state index is 5.68. The fraction of sp³-hybridized carbons (Fsp3) is 0.429. The van der Waals surface area contributed by atoms with Gasteiger partial charge >= 0.3 is 0 Å². The molecule has 0 amide bonds. The van der Waals surface area contributed by atoms with Crippen LogP contribution in [0.1, 0.15) is 25.0 Å². The Hall–Kier alpha value is -1.28. The van der Waals surface area contributed by atoms with Gasteiger partial charge in [0.05, 0.1) is 6.26 Å². The van der Waals surface area contributed by atoms with Crippen LogP contribution in [0, 0.1) is 0 Å². The molecule has 1 saturated heterocycles. The van der Waals surface area contributed by atoms with Crippen molar-refractivity contribution >= 4 is 10.8 Å². The van der Waals surface area contributed by atoms with Crippen LogP contribution in [0.3, 0.4) is 0 Å². The topological polar surface area (TPSA) is 25.2 Å². The smallest absolute Gasteiger partial charge is 0.113 e. The highest BCUT2D eigenvalue weighted by molar-refractivity contribution is 5.83. The van der Waals surface area contributed by atoms with E-state index >= 15 is 0 Å². The molecule has 2 heteroatoms. The molecule has 0 bridgehead atoms. The van der Waals surface area contributed by atoms with Crippen LogP contribution >= 0.6 is 0 Å². The summed E-state index contributed by atoms with van der Waals surface area (Å²) in [7, 11) is 0.